The van der Waals surface area contributed by atoms with Crippen molar-refractivity contribution in [3.05, 3.63) is 47.9 Å². The zero-order chi connectivity index (χ0) is 23.5. The summed E-state index contributed by atoms with van der Waals surface area (Å²) in [4.78, 5) is 33.4. The molecule has 1 aliphatic rings. The SMILES string of the molecule is CC(C)Nc1cc(-n2ccc3cc(C#N)cnc32)ncc1C(=O)NC1CCC(C(N)=O)CC1. The summed E-state index contributed by atoms with van der Waals surface area (Å²) >= 11 is 0. The van der Waals surface area contributed by atoms with Crippen LogP contribution >= 0.6 is 0 Å². The second-order valence-electron chi connectivity index (χ2n) is 8.75. The van der Waals surface area contributed by atoms with Gasteiger partial charge >= 0.3 is 0 Å². The molecule has 0 spiro atoms. The van der Waals surface area contributed by atoms with Gasteiger partial charge in [0.1, 0.15) is 17.5 Å². The van der Waals surface area contributed by atoms with Crippen molar-refractivity contribution in [2.75, 3.05) is 5.32 Å². The lowest BCUT2D eigenvalue weighted by atomic mass is 9.85. The van der Waals surface area contributed by atoms with Crippen molar-refractivity contribution in [3.8, 4) is 11.9 Å². The third-order valence-corrected chi connectivity index (χ3v) is 5.95. The minimum absolute atomic E-state index is 0.00611. The number of anilines is 1. The van der Waals surface area contributed by atoms with E-state index in [4.69, 9.17) is 11.0 Å². The third-order valence-electron chi connectivity index (χ3n) is 5.95. The van der Waals surface area contributed by atoms with Gasteiger partial charge in [-0.05, 0) is 51.7 Å². The molecule has 0 bridgehead atoms. The number of nitrogens with two attached hydrogens (primary N) is 1. The summed E-state index contributed by atoms with van der Waals surface area (Å²) in [6, 6.07) is 7.70. The molecule has 9 nitrogen and oxygen atoms in total. The summed E-state index contributed by atoms with van der Waals surface area (Å²) in [5, 5.41) is 16.4. The van der Waals surface area contributed by atoms with Gasteiger partial charge in [0, 0.05) is 48.0 Å². The first-order valence-corrected chi connectivity index (χ1v) is 11.1. The first-order chi connectivity index (χ1) is 15.9. The smallest absolute Gasteiger partial charge is 0.255 e. The lowest BCUT2D eigenvalue weighted by Crippen LogP contribution is -2.40. The van der Waals surface area contributed by atoms with Gasteiger partial charge in [-0.15, -0.1) is 0 Å². The fourth-order valence-corrected chi connectivity index (χ4v) is 4.24. The van der Waals surface area contributed by atoms with Crippen LogP contribution < -0.4 is 16.4 Å². The van der Waals surface area contributed by atoms with E-state index in [1.165, 1.54) is 6.20 Å². The summed E-state index contributed by atoms with van der Waals surface area (Å²) in [6.45, 7) is 4.01. The van der Waals surface area contributed by atoms with Gasteiger partial charge in [0.15, 0.2) is 0 Å². The highest BCUT2D eigenvalue weighted by Crippen LogP contribution is 2.26. The standard InChI is InChI=1S/C24H27N7O2/c1-14(2)29-20-10-21(31-8-7-17-9-15(11-25)12-28-23(17)31)27-13-19(20)24(33)30-18-5-3-16(4-6-18)22(26)32/h7-10,12-14,16,18H,3-6H2,1-2H3,(H2,26,32)(H,27,29)(H,30,33). The number of nitrogens with zero attached hydrogens (tertiary/aromatic N) is 4. The van der Waals surface area contributed by atoms with E-state index in [0.717, 1.165) is 18.2 Å². The van der Waals surface area contributed by atoms with Crippen LogP contribution in [0.2, 0.25) is 0 Å². The Morgan fingerprint density at radius 2 is 1.94 bits per heavy atom. The third kappa shape index (κ3) is 4.80. The van der Waals surface area contributed by atoms with Gasteiger partial charge in [0.05, 0.1) is 16.8 Å². The van der Waals surface area contributed by atoms with Crippen LogP contribution in [0.1, 0.15) is 55.5 Å². The molecule has 4 N–H and O–H groups in total. The number of hydrogen-bond donors (Lipinski definition) is 3. The zero-order valence-corrected chi connectivity index (χ0v) is 18.7. The van der Waals surface area contributed by atoms with Crippen LogP contribution in [0.4, 0.5) is 5.69 Å². The lowest BCUT2D eigenvalue weighted by molar-refractivity contribution is -0.122. The van der Waals surface area contributed by atoms with E-state index in [-0.39, 0.29) is 29.8 Å². The molecule has 3 heterocycles. The molecule has 33 heavy (non-hydrogen) atoms. The van der Waals surface area contributed by atoms with Crippen LogP contribution in [0.3, 0.4) is 0 Å². The minimum Gasteiger partial charge on any atom is -0.382 e. The van der Waals surface area contributed by atoms with Crippen molar-refractivity contribution >= 4 is 28.5 Å². The molecule has 1 aliphatic carbocycles. The summed E-state index contributed by atoms with van der Waals surface area (Å²) in [7, 11) is 0. The van der Waals surface area contributed by atoms with E-state index in [9.17, 15) is 9.59 Å². The van der Waals surface area contributed by atoms with Crippen LogP contribution in [0.5, 0.6) is 0 Å². The molecule has 3 aromatic rings. The number of carbonyl (C=O) groups is 2. The molecule has 0 atom stereocenters. The summed E-state index contributed by atoms with van der Waals surface area (Å²) in [6.07, 6.45) is 7.77. The predicted octanol–water partition coefficient (Wildman–Crippen LogP) is 2.89. The molecular formula is C24H27N7O2. The van der Waals surface area contributed by atoms with Crippen LogP contribution in [0.25, 0.3) is 16.9 Å². The fraction of sp³-hybridized carbons (Fsp3) is 0.375. The van der Waals surface area contributed by atoms with E-state index >= 15 is 0 Å². The number of hydrogen-bond acceptors (Lipinski definition) is 6. The second kappa shape index (κ2) is 9.28. The summed E-state index contributed by atoms with van der Waals surface area (Å²) in [5.41, 5.74) is 7.72. The maximum absolute atomic E-state index is 13.1. The molecule has 9 heteroatoms. The number of primary amides is 1. The van der Waals surface area contributed by atoms with Gasteiger partial charge in [-0.3, -0.25) is 14.2 Å². The van der Waals surface area contributed by atoms with Crippen molar-refractivity contribution < 1.29 is 9.59 Å². The van der Waals surface area contributed by atoms with E-state index in [1.54, 1.807) is 12.3 Å². The van der Waals surface area contributed by atoms with Gasteiger partial charge in [-0.2, -0.15) is 5.26 Å². The van der Waals surface area contributed by atoms with Gasteiger partial charge in [-0.1, -0.05) is 0 Å². The number of amides is 2. The highest BCUT2D eigenvalue weighted by molar-refractivity contribution is 6.00. The molecule has 0 aliphatic heterocycles. The van der Waals surface area contributed by atoms with E-state index in [0.29, 0.717) is 41.1 Å². The highest BCUT2D eigenvalue weighted by atomic mass is 16.2. The Hall–Kier alpha value is -3.93. The molecule has 170 valence electrons. The number of aromatic nitrogens is 3. The van der Waals surface area contributed by atoms with E-state index in [2.05, 4.69) is 26.7 Å². The van der Waals surface area contributed by atoms with Crippen LogP contribution in [-0.4, -0.2) is 38.4 Å². The Labute approximate surface area is 192 Å². The predicted molar refractivity (Wildman–Crippen MR) is 125 cm³/mol. The second-order valence-corrected chi connectivity index (χ2v) is 8.75. The fourth-order valence-electron chi connectivity index (χ4n) is 4.24. The Balaban J connectivity index is 1.59. The number of pyridine rings is 2. The molecule has 0 radical (unpaired) electrons. The summed E-state index contributed by atoms with van der Waals surface area (Å²) in [5.74, 6) is 0.0446. The van der Waals surface area contributed by atoms with Gasteiger partial charge in [0.2, 0.25) is 5.91 Å². The number of rotatable bonds is 6. The molecule has 4 rings (SSSR count). The van der Waals surface area contributed by atoms with Gasteiger partial charge in [-0.25, -0.2) is 9.97 Å². The van der Waals surface area contributed by atoms with Gasteiger partial charge < -0.3 is 16.4 Å². The maximum atomic E-state index is 13.1. The van der Waals surface area contributed by atoms with E-state index < -0.39 is 0 Å². The Bertz CT molecular complexity index is 1230. The Morgan fingerprint density at radius 3 is 2.61 bits per heavy atom. The molecule has 2 amide bonds. The normalized spacial score (nSPS) is 18.1. The van der Waals surface area contributed by atoms with Crippen molar-refractivity contribution in [3.63, 3.8) is 0 Å². The Kier molecular flexibility index (Phi) is 6.27. The monoisotopic (exact) mass is 445 g/mol. The largest absolute Gasteiger partial charge is 0.382 e. The molecule has 0 saturated heterocycles. The van der Waals surface area contributed by atoms with Crippen LogP contribution in [0.15, 0.2) is 36.8 Å². The zero-order valence-electron chi connectivity index (χ0n) is 18.7. The number of carbonyl (C=O) groups excluding carboxylic acids is 2. The average Bonchev–Trinajstić information content (AvgIpc) is 3.22. The Morgan fingerprint density at radius 1 is 1.18 bits per heavy atom. The molecule has 1 fully saturated rings. The van der Waals surface area contributed by atoms with Crippen molar-refractivity contribution in [2.24, 2.45) is 11.7 Å². The highest BCUT2D eigenvalue weighted by Gasteiger charge is 2.26. The van der Waals surface area contributed by atoms with E-state index in [1.807, 2.05) is 36.7 Å². The topological polar surface area (TPSA) is 139 Å². The average molecular weight is 446 g/mol. The lowest BCUT2D eigenvalue weighted by Gasteiger charge is -2.27. The van der Waals surface area contributed by atoms with Crippen LogP contribution in [-0.2, 0) is 4.79 Å². The van der Waals surface area contributed by atoms with Crippen LogP contribution in [0, 0.1) is 17.2 Å². The maximum Gasteiger partial charge on any atom is 0.255 e. The molecule has 0 aromatic carbocycles. The first kappa shape index (κ1) is 22.3. The van der Waals surface area contributed by atoms with Crippen molar-refractivity contribution in [1.82, 2.24) is 19.9 Å². The van der Waals surface area contributed by atoms with Crippen molar-refractivity contribution in [2.45, 2.75) is 51.6 Å². The quantitative estimate of drug-likeness (QED) is 0.533. The minimum atomic E-state index is -0.265. The molecule has 1 saturated carbocycles. The molecule has 0 unspecified atom stereocenters. The number of nitriles is 1. The summed E-state index contributed by atoms with van der Waals surface area (Å²) < 4.78 is 1.83. The molecule has 3 aromatic heterocycles. The van der Waals surface area contributed by atoms with Crippen molar-refractivity contribution in [1.29, 1.82) is 5.26 Å². The first-order valence-electron chi connectivity index (χ1n) is 11.1. The molecular weight excluding hydrogens is 418 g/mol. The van der Waals surface area contributed by atoms with Gasteiger partial charge in [0.25, 0.3) is 5.91 Å². The number of fused-ring (bicyclic) bond motifs is 1. The number of nitrogens with one attached hydrogen (secondary N) is 2.